The number of allylic oxidation sites excluding steroid dienone is 2. The number of amides is 1. The average molecular weight is 364 g/mol. The van der Waals surface area contributed by atoms with Crippen LogP contribution in [0.1, 0.15) is 38.2 Å². The van der Waals surface area contributed by atoms with Gasteiger partial charge in [-0.3, -0.25) is 10.1 Å². The lowest BCUT2D eigenvalue weighted by atomic mass is 9.84. The summed E-state index contributed by atoms with van der Waals surface area (Å²) in [5.74, 6) is 1.91. The Kier molecular flexibility index (Phi) is 3.67. The number of hydrogen-bond donors (Lipinski definition) is 2. The highest BCUT2D eigenvalue weighted by molar-refractivity contribution is 7.16. The van der Waals surface area contributed by atoms with Gasteiger partial charge in [0.05, 0.1) is 15.7 Å². The number of thiazole rings is 1. The lowest BCUT2D eigenvalue weighted by Gasteiger charge is -2.21. The lowest BCUT2D eigenvalue weighted by molar-refractivity contribution is -0.115. The first-order valence-electron chi connectivity index (χ1n) is 9.07. The molecule has 2 unspecified atom stereocenters. The van der Waals surface area contributed by atoms with Gasteiger partial charge in [0, 0.05) is 5.70 Å². The average Bonchev–Trinajstić information content (AvgIpc) is 3.27. The van der Waals surface area contributed by atoms with E-state index in [-0.39, 0.29) is 5.91 Å². The quantitative estimate of drug-likeness (QED) is 0.797. The van der Waals surface area contributed by atoms with Crippen LogP contribution in [0.4, 0.5) is 0 Å². The molecular weight excluding hydrogens is 344 g/mol. The van der Waals surface area contributed by atoms with Gasteiger partial charge in [0.15, 0.2) is 0 Å². The fourth-order valence-corrected chi connectivity index (χ4v) is 5.01. The molecule has 26 heavy (non-hydrogen) atoms. The molecule has 2 aliphatic carbocycles. The van der Waals surface area contributed by atoms with Crippen molar-refractivity contribution in [3.63, 3.8) is 0 Å². The van der Waals surface area contributed by atoms with Crippen molar-refractivity contribution in [2.75, 3.05) is 0 Å². The highest BCUT2D eigenvalue weighted by Gasteiger charge is 2.32. The minimum atomic E-state index is -0.161. The maximum absolute atomic E-state index is 12.3. The molecule has 6 heteroatoms. The van der Waals surface area contributed by atoms with Gasteiger partial charge in [0.1, 0.15) is 5.70 Å². The number of nitrogens with zero attached hydrogens (tertiary/aromatic N) is 2. The van der Waals surface area contributed by atoms with Crippen LogP contribution in [0.3, 0.4) is 0 Å². The van der Waals surface area contributed by atoms with Crippen LogP contribution in [0, 0.1) is 11.8 Å². The first-order chi connectivity index (χ1) is 12.6. The number of benzene rings is 1. The number of carbonyl (C=O) groups is 1. The molecule has 2 heterocycles. The number of aliphatic imine (C=N–C) groups is 1. The van der Waals surface area contributed by atoms with E-state index in [1.54, 1.807) is 11.3 Å². The number of hydrogen-bond acceptors (Lipinski definition) is 5. The van der Waals surface area contributed by atoms with Crippen molar-refractivity contribution in [2.24, 2.45) is 16.8 Å². The third kappa shape index (κ3) is 2.84. The highest BCUT2D eigenvalue weighted by atomic mass is 32.1. The van der Waals surface area contributed by atoms with Gasteiger partial charge in [-0.2, -0.15) is 0 Å². The summed E-state index contributed by atoms with van der Waals surface area (Å²) >= 11 is 1.61. The molecule has 1 aromatic carbocycles. The SMILES string of the molecule is CC1CC2=C(NC3=N/C(=C\c4ccc5scnc5c4)C(=O)N3)CC(C2)C1. The number of guanidine groups is 1. The van der Waals surface area contributed by atoms with Crippen molar-refractivity contribution in [1.29, 1.82) is 0 Å². The Morgan fingerprint density at radius 1 is 1.31 bits per heavy atom. The predicted octanol–water partition coefficient (Wildman–Crippen LogP) is 3.81. The van der Waals surface area contributed by atoms with Gasteiger partial charge in [-0.25, -0.2) is 9.98 Å². The topological polar surface area (TPSA) is 66.4 Å². The molecular formula is C20H20N4OS. The molecule has 2 atom stereocenters. The monoisotopic (exact) mass is 364 g/mol. The summed E-state index contributed by atoms with van der Waals surface area (Å²) in [5.41, 5.74) is 6.93. The van der Waals surface area contributed by atoms with Crippen molar-refractivity contribution in [2.45, 2.75) is 32.6 Å². The smallest absolute Gasteiger partial charge is 0.276 e. The molecule has 5 rings (SSSR count). The minimum Gasteiger partial charge on any atom is -0.329 e. The summed E-state index contributed by atoms with van der Waals surface area (Å²) in [4.78, 5) is 21.1. The molecule has 3 aliphatic rings. The third-order valence-corrected chi connectivity index (χ3v) is 6.22. The Morgan fingerprint density at radius 2 is 2.23 bits per heavy atom. The molecule has 2 aromatic rings. The molecule has 1 fully saturated rings. The van der Waals surface area contributed by atoms with Gasteiger partial charge < -0.3 is 5.32 Å². The van der Waals surface area contributed by atoms with Crippen molar-refractivity contribution in [3.8, 4) is 0 Å². The third-order valence-electron chi connectivity index (χ3n) is 5.41. The van der Waals surface area contributed by atoms with Crippen molar-refractivity contribution >= 4 is 39.5 Å². The summed E-state index contributed by atoms with van der Waals surface area (Å²) in [6, 6.07) is 6.01. The minimum absolute atomic E-state index is 0.161. The molecule has 2 bridgehead atoms. The second-order valence-electron chi connectivity index (χ2n) is 7.55. The van der Waals surface area contributed by atoms with Gasteiger partial charge in [0.25, 0.3) is 5.91 Å². The Labute approximate surface area is 155 Å². The van der Waals surface area contributed by atoms with E-state index in [1.165, 1.54) is 24.1 Å². The van der Waals surface area contributed by atoms with Crippen LogP contribution in [-0.2, 0) is 4.79 Å². The van der Waals surface area contributed by atoms with Crippen LogP contribution in [0.15, 0.2) is 45.7 Å². The van der Waals surface area contributed by atoms with Crippen LogP contribution in [0.2, 0.25) is 0 Å². The number of rotatable bonds is 2. The Hall–Kier alpha value is -2.47. The Balaban J connectivity index is 1.38. The molecule has 132 valence electrons. The van der Waals surface area contributed by atoms with Gasteiger partial charge >= 0.3 is 0 Å². The number of carbonyl (C=O) groups excluding carboxylic acids is 1. The molecule has 1 aromatic heterocycles. The predicted molar refractivity (Wildman–Crippen MR) is 104 cm³/mol. The van der Waals surface area contributed by atoms with E-state index >= 15 is 0 Å². The number of aromatic nitrogens is 1. The van der Waals surface area contributed by atoms with E-state index in [0.29, 0.717) is 11.7 Å². The summed E-state index contributed by atoms with van der Waals surface area (Å²) in [6.07, 6.45) is 6.56. The highest BCUT2D eigenvalue weighted by Crippen LogP contribution is 2.43. The van der Waals surface area contributed by atoms with Gasteiger partial charge in [-0.1, -0.05) is 18.6 Å². The van der Waals surface area contributed by atoms with E-state index in [4.69, 9.17) is 0 Å². The summed E-state index contributed by atoms with van der Waals surface area (Å²) in [5, 5.41) is 6.25. The molecule has 0 saturated heterocycles. The first kappa shape index (κ1) is 15.8. The Morgan fingerprint density at radius 3 is 3.15 bits per heavy atom. The van der Waals surface area contributed by atoms with Gasteiger partial charge in [-0.05, 0) is 61.3 Å². The van der Waals surface area contributed by atoms with Crippen LogP contribution < -0.4 is 10.6 Å². The molecule has 0 radical (unpaired) electrons. The maximum atomic E-state index is 12.3. The second kappa shape index (κ2) is 6.06. The number of fused-ring (bicyclic) bond motifs is 3. The van der Waals surface area contributed by atoms with Gasteiger partial charge in [-0.15, -0.1) is 11.3 Å². The van der Waals surface area contributed by atoms with E-state index in [1.807, 2.05) is 29.8 Å². The van der Waals surface area contributed by atoms with Crippen molar-refractivity contribution < 1.29 is 4.79 Å². The van der Waals surface area contributed by atoms with E-state index in [9.17, 15) is 4.79 Å². The number of nitrogens with one attached hydrogen (secondary N) is 2. The van der Waals surface area contributed by atoms with Crippen molar-refractivity contribution in [1.82, 2.24) is 15.6 Å². The molecule has 5 nitrogen and oxygen atoms in total. The molecule has 1 amide bonds. The molecule has 0 spiro atoms. The fraction of sp³-hybridized carbons (Fsp3) is 0.350. The fourth-order valence-electron chi connectivity index (χ4n) is 4.36. The van der Waals surface area contributed by atoms with Gasteiger partial charge in [0.2, 0.25) is 5.96 Å². The Bertz CT molecular complexity index is 1000. The maximum Gasteiger partial charge on any atom is 0.276 e. The lowest BCUT2D eigenvalue weighted by Crippen LogP contribution is -2.35. The van der Waals surface area contributed by atoms with E-state index < -0.39 is 0 Å². The first-order valence-corrected chi connectivity index (χ1v) is 9.95. The molecule has 1 aliphatic heterocycles. The molecule has 2 N–H and O–H groups in total. The largest absolute Gasteiger partial charge is 0.329 e. The van der Waals surface area contributed by atoms with E-state index in [2.05, 4.69) is 27.5 Å². The van der Waals surface area contributed by atoms with E-state index in [0.717, 1.165) is 40.5 Å². The second-order valence-corrected chi connectivity index (χ2v) is 8.44. The zero-order valence-corrected chi connectivity index (χ0v) is 15.4. The zero-order chi connectivity index (χ0) is 17.7. The standard InChI is InChI=1S/C20H20N4OS/c1-11-4-13-6-14(5-11)15(9-13)22-20-23-17(19(25)24-20)8-12-2-3-18-16(7-12)21-10-26-18/h2-3,7-8,10-11,13H,4-6,9H2,1H3,(H2,22,23,24,25)/b17-8-. The van der Waals surface area contributed by atoms with Crippen LogP contribution in [-0.4, -0.2) is 16.9 Å². The summed E-state index contributed by atoms with van der Waals surface area (Å²) in [6.45, 7) is 2.32. The van der Waals surface area contributed by atoms with Crippen molar-refractivity contribution in [3.05, 3.63) is 46.2 Å². The normalized spacial score (nSPS) is 26.6. The molecule has 1 saturated carbocycles. The summed E-state index contributed by atoms with van der Waals surface area (Å²) < 4.78 is 1.14. The zero-order valence-electron chi connectivity index (χ0n) is 14.6. The summed E-state index contributed by atoms with van der Waals surface area (Å²) in [7, 11) is 0. The van der Waals surface area contributed by atoms with Crippen LogP contribution in [0.25, 0.3) is 16.3 Å². The van der Waals surface area contributed by atoms with Crippen LogP contribution >= 0.6 is 11.3 Å². The van der Waals surface area contributed by atoms with Crippen LogP contribution in [0.5, 0.6) is 0 Å².